The van der Waals surface area contributed by atoms with E-state index in [0.29, 0.717) is 0 Å². The molecule has 3 heteroatoms. The van der Waals surface area contributed by atoms with Crippen LogP contribution in [0.2, 0.25) is 0 Å². The van der Waals surface area contributed by atoms with E-state index in [2.05, 4.69) is 15.9 Å². The van der Waals surface area contributed by atoms with Crippen LogP contribution in [-0.4, -0.2) is 17.4 Å². The zero-order valence-corrected chi connectivity index (χ0v) is 8.74. The van der Waals surface area contributed by atoms with Crippen molar-refractivity contribution in [3.63, 3.8) is 0 Å². The van der Waals surface area contributed by atoms with Crippen molar-refractivity contribution >= 4 is 21.9 Å². The van der Waals surface area contributed by atoms with E-state index in [1.165, 1.54) is 7.11 Å². The van der Waals surface area contributed by atoms with Crippen LogP contribution in [0.5, 0.6) is 0 Å². The lowest BCUT2D eigenvalue weighted by Gasteiger charge is -3.09. The van der Waals surface area contributed by atoms with Gasteiger partial charge in [-0.05, 0) is 35.5 Å². The first-order valence-electron chi connectivity index (χ1n) is 4.99. The van der Waals surface area contributed by atoms with E-state index in [4.69, 9.17) is 4.74 Å². The lowest BCUT2D eigenvalue weighted by atomic mass is 8.96. The van der Waals surface area contributed by atoms with Gasteiger partial charge in [0, 0.05) is 4.32 Å². The van der Waals surface area contributed by atoms with Crippen molar-refractivity contribution in [3.05, 3.63) is 0 Å². The quantitative estimate of drug-likeness (QED) is 0.506. The number of ether oxygens (including phenoxy) is 1. The highest BCUT2D eigenvalue weighted by molar-refractivity contribution is 9.10. The van der Waals surface area contributed by atoms with Crippen molar-refractivity contribution in [2.45, 2.75) is 4.32 Å². The summed E-state index contributed by atoms with van der Waals surface area (Å²) in [7, 11) is 1.53. The van der Waals surface area contributed by atoms with Crippen molar-refractivity contribution in [3.8, 4) is 0 Å². The van der Waals surface area contributed by atoms with Crippen molar-refractivity contribution in [1.82, 2.24) is 0 Å². The lowest BCUT2D eigenvalue weighted by Crippen LogP contribution is -3.13. The Morgan fingerprint density at radius 2 is 1.77 bits per heavy atom. The molecule has 6 saturated carbocycles. The molecule has 0 aromatic carbocycles. The minimum absolute atomic E-state index is 0.0312. The summed E-state index contributed by atoms with van der Waals surface area (Å²) in [4.78, 5) is 11.7. The first-order chi connectivity index (χ1) is 6.22. The smallest absolute Gasteiger partial charge is 0.313 e. The molecule has 6 aliphatic rings. The molecule has 0 spiro atoms. The van der Waals surface area contributed by atoms with Crippen molar-refractivity contribution < 1.29 is 9.53 Å². The summed E-state index contributed by atoms with van der Waals surface area (Å²) in [6, 6.07) is 0. The fourth-order valence-corrected chi connectivity index (χ4v) is 7.87. The fraction of sp³-hybridized carbons (Fsp3) is 0.900. The summed E-state index contributed by atoms with van der Waals surface area (Å²) in [5, 5.41) is 0. The third kappa shape index (κ3) is 0.249. The number of hydrogen-bond acceptors (Lipinski definition) is 2. The highest BCUT2D eigenvalue weighted by Gasteiger charge is 3.12. The molecule has 6 aliphatic carbocycles. The molecule has 6 fully saturated rings. The highest BCUT2D eigenvalue weighted by atomic mass is 79.9. The van der Waals surface area contributed by atoms with Crippen LogP contribution < -0.4 is 0 Å². The van der Waals surface area contributed by atoms with E-state index in [-0.39, 0.29) is 15.7 Å². The Morgan fingerprint density at radius 1 is 1.23 bits per heavy atom. The highest BCUT2D eigenvalue weighted by Crippen LogP contribution is 3.09. The van der Waals surface area contributed by atoms with E-state index in [1.807, 2.05) is 0 Å². The summed E-state index contributed by atoms with van der Waals surface area (Å²) < 4.78 is 5.18. The number of esters is 1. The van der Waals surface area contributed by atoms with E-state index in [9.17, 15) is 4.79 Å². The molecule has 0 amide bonds. The number of halogens is 1. The molecule has 0 N–H and O–H groups in total. The third-order valence-electron chi connectivity index (χ3n) is 6.06. The molecule has 0 heterocycles. The van der Waals surface area contributed by atoms with E-state index in [0.717, 1.165) is 35.5 Å². The van der Waals surface area contributed by atoms with Crippen molar-refractivity contribution in [2.24, 2.45) is 40.9 Å². The van der Waals surface area contributed by atoms with Gasteiger partial charge in [-0.15, -0.1) is 0 Å². The SMILES string of the molecule is COC(=O)C12C3C4C5C3C1(Br)C5C42. The lowest BCUT2D eigenvalue weighted by molar-refractivity contribution is -0.576. The number of carbonyl (C=O) groups is 1. The monoisotopic (exact) mass is 240 g/mol. The topological polar surface area (TPSA) is 26.3 Å². The van der Waals surface area contributed by atoms with Gasteiger partial charge in [0.1, 0.15) is 0 Å². The second kappa shape index (κ2) is 1.24. The van der Waals surface area contributed by atoms with Crippen molar-refractivity contribution in [1.29, 1.82) is 0 Å². The summed E-state index contributed by atoms with van der Waals surface area (Å²) in [6.07, 6.45) is 0. The Bertz CT molecular complexity index is 370. The molecular formula is C10H9BrO2. The number of methoxy groups -OCH3 is 1. The zero-order valence-electron chi connectivity index (χ0n) is 7.16. The second-order valence-electron chi connectivity index (χ2n) is 5.39. The van der Waals surface area contributed by atoms with Crippen LogP contribution in [0.1, 0.15) is 0 Å². The Morgan fingerprint density at radius 3 is 2.23 bits per heavy atom. The maximum absolute atomic E-state index is 11.7. The standard InChI is InChI=1S/C10H9BrO2/c1-13-8(12)9-4-2-3-6(4)10(9,11)7(3)5(2)9/h2-7H,1H3. The average Bonchev–Trinajstić information content (AvgIpc) is 2.16. The molecule has 2 nitrogen and oxygen atoms in total. The number of rotatable bonds is 1. The average molecular weight is 241 g/mol. The Labute approximate surface area is 84.1 Å². The van der Waals surface area contributed by atoms with Gasteiger partial charge < -0.3 is 4.74 Å². The molecule has 0 aromatic rings. The van der Waals surface area contributed by atoms with Gasteiger partial charge in [0.25, 0.3) is 0 Å². The van der Waals surface area contributed by atoms with Gasteiger partial charge >= 0.3 is 5.97 Å². The van der Waals surface area contributed by atoms with Gasteiger partial charge in [0.2, 0.25) is 0 Å². The van der Waals surface area contributed by atoms with Gasteiger partial charge in [0.15, 0.2) is 0 Å². The van der Waals surface area contributed by atoms with Crippen LogP contribution >= 0.6 is 15.9 Å². The Balaban J connectivity index is 1.71. The van der Waals surface area contributed by atoms with Gasteiger partial charge in [-0.3, -0.25) is 4.79 Å². The van der Waals surface area contributed by atoms with Crippen LogP contribution in [0.25, 0.3) is 0 Å². The van der Waals surface area contributed by atoms with E-state index in [1.54, 1.807) is 0 Å². The molecule has 0 saturated heterocycles. The number of hydrogen-bond donors (Lipinski definition) is 0. The second-order valence-corrected chi connectivity index (χ2v) is 6.70. The molecule has 13 heavy (non-hydrogen) atoms. The molecule has 0 aliphatic heterocycles. The first-order valence-corrected chi connectivity index (χ1v) is 5.79. The minimum atomic E-state index is -0.0312. The molecule has 0 aromatic heterocycles. The van der Waals surface area contributed by atoms with Crippen LogP contribution in [0.15, 0.2) is 0 Å². The molecule has 0 radical (unpaired) electrons. The van der Waals surface area contributed by atoms with Gasteiger partial charge in [-0.1, -0.05) is 15.9 Å². The Kier molecular flexibility index (Phi) is 0.616. The summed E-state index contributed by atoms with van der Waals surface area (Å²) >= 11 is 3.82. The number of alkyl halides is 1. The normalized spacial score (nSPS) is 82.0. The summed E-state index contributed by atoms with van der Waals surface area (Å²) in [6.45, 7) is 0. The molecule has 68 valence electrons. The molecule has 0 bridgehead atoms. The predicted molar refractivity (Wildman–Crippen MR) is 47.0 cm³/mol. The number of carbonyl (C=O) groups excluding carboxylic acids is 1. The van der Waals surface area contributed by atoms with Crippen molar-refractivity contribution in [2.75, 3.05) is 7.11 Å². The van der Waals surface area contributed by atoms with Gasteiger partial charge in [-0.25, -0.2) is 0 Å². The van der Waals surface area contributed by atoms with Crippen LogP contribution in [0, 0.1) is 40.9 Å². The Hall–Kier alpha value is -0.0500. The summed E-state index contributed by atoms with van der Waals surface area (Å²) in [5.41, 5.74) is -0.0312. The fourth-order valence-electron chi connectivity index (χ4n) is 6.00. The van der Waals surface area contributed by atoms with Gasteiger partial charge in [-0.2, -0.15) is 0 Å². The molecule has 4 unspecified atom stereocenters. The van der Waals surface area contributed by atoms with Crippen LogP contribution in [-0.2, 0) is 9.53 Å². The van der Waals surface area contributed by atoms with E-state index < -0.39 is 0 Å². The molecular weight excluding hydrogens is 232 g/mol. The predicted octanol–water partition coefficient (Wildman–Crippen LogP) is 1.04. The summed E-state index contributed by atoms with van der Waals surface area (Å²) in [5.74, 6) is 5.17. The maximum atomic E-state index is 11.7. The van der Waals surface area contributed by atoms with Gasteiger partial charge in [0.05, 0.1) is 12.5 Å². The molecule has 6 rings (SSSR count). The first kappa shape index (κ1) is 6.44. The van der Waals surface area contributed by atoms with Crippen LogP contribution in [0.3, 0.4) is 0 Å². The largest absolute Gasteiger partial charge is 0.469 e. The minimum Gasteiger partial charge on any atom is -0.469 e. The maximum Gasteiger partial charge on any atom is 0.313 e. The third-order valence-corrected chi connectivity index (χ3v) is 7.77. The van der Waals surface area contributed by atoms with E-state index >= 15 is 0 Å². The zero-order chi connectivity index (χ0) is 8.75. The molecule has 4 atom stereocenters. The van der Waals surface area contributed by atoms with Crippen LogP contribution in [0.4, 0.5) is 0 Å².